The number of nitrogens with zero attached hydrogens (tertiary/aromatic N) is 1. The van der Waals surface area contributed by atoms with Gasteiger partial charge in [0.25, 0.3) is 0 Å². The Hall–Kier alpha value is -0.741. The van der Waals surface area contributed by atoms with Gasteiger partial charge in [-0.25, -0.2) is 0 Å². The molecule has 1 aromatic rings. The Morgan fingerprint density at radius 2 is 1.95 bits per heavy atom. The van der Waals surface area contributed by atoms with Crippen molar-refractivity contribution < 1.29 is 4.79 Å². The SMILES string of the molecule is [CH3][Sn]([CH3])([CH3])/[CH]=C\CN1C=CC(=O)CC1c1ccc(Cl)cc1. The van der Waals surface area contributed by atoms with Gasteiger partial charge in [-0.15, -0.1) is 0 Å². The van der Waals surface area contributed by atoms with Crippen LogP contribution in [0.4, 0.5) is 0 Å². The molecule has 21 heavy (non-hydrogen) atoms. The van der Waals surface area contributed by atoms with E-state index in [2.05, 4.69) is 29.9 Å². The van der Waals surface area contributed by atoms with E-state index in [4.69, 9.17) is 11.6 Å². The fraction of sp³-hybridized carbons (Fsp3) is 0.353. The Labute approximate surface area is 136 Å². The van der Waals surface area contributed by atoms with Gasteiger partial charge in [0.1, 0.15) is 0 Å². The van der Waals surface area contributed by atoms with Crippen molar-refractivity contribution in [3.05, 3.63) is 57.3 Å². The number of halogens is 1. The predicted octanol–water partition coefficient (Wildman–Crippen LogP) is 4.60. The van der Waals surface area contributed by atoms with Gasteiger partial charge in [0.05, 0.1) is 0 Å². The molecule has 2 nitrogen and oxygen atoms in total. The van der Waals surface area contributed by atoms with Crippen LogP contribution in [0.25, 0.3) is 0 Å². The molecule has 1 atom stereocenters. The van der Waals surface area contributed by atoms with E-state index in [1.54, 1.807) is 6.08 Å². The molecule has 0 bridgehead atoms. The van der Waals surface area contributed by atoms with E-state index in [1.807, 2.05) is 30.5 Å². The van der Waals surface area contributed by atoms with Crippen molar-refractivity contribution in [2.75, 3.05) is 6.54 Å². The van der Waals surface area contributed by atoms with Crippen molar-refractivity contribution in [2.24, 2.45) is 0 Å². The minimum atomic E-state index is -1.87. The topological polar surface area (TPSA) is 20.3 Å². The molecule has 1 aliphatic rings. The van der Waals surface area contributed by atoms with Gasteiger partial charge in [0.15, 0.2) is 0 Å². The van der Waals surface area contributed by atoms with Crippen LogP contribution in [0.15, 0.2) is 46.7 Å². The first kappa shape index (κ1) is 16.6. The summed E-state index contributed by atoms with van der Waals surface area (Å²) in [4.78, 5) is 21.1. The second-order valence-electron chi connectivity index (χ2n) is 6.52. The normalized spacial score (nSPS) is 19.5. The third-order valence-electron chi connectivity index (χ3n) is 3.44. The molecule has 0 radical (unpaired) electrons. The number of hydrogen-bond acceptors (Lipinski definition) is 2. The molecule has 1 heterocycles. The molecule has 1 unspecified atom stereocenters. The first-order valence-electron chi connectivity index (χ1n) is 7.25. The van der Waals surface area contributed by atoms with E-state index in [-0.39, 0.29) is 11.8 Å². The van der Waals surface area contributed by atoms with Crippen LogP contribution < -0.4 is 0 Å². The summed E-state index contributed by atoms with van der Waals surface area (Å²) in [6.07, 6.45) is 6.40. The summed E-state index contributed by atoms with van der Waals surface area (Å²) in [5, 5.41) is 0.727. The van der Waals surface area contributed by atoms with Gasteiger partial charge in [0, 0.05) is 0 Å². The summed E-state index contributed by atoms with van der Waals surface area (Å²) in [5.41, 5.74) is 1.14. The molecule has 1 aromatic carbocycles. The second kappa shape index (κ2) is 7.01. The number of allylic oxidation sites excluding steroid dienone is 1. The fourth-order valence-corrected chi connectivity index (χ4v) is 4.81. The molecule has 0 aromatic heterocycles. The van der Waals surface area contributed by atoms with Gasteiger partial charge in [0.2, 0.25) is 0 Å². The molecule has 0 fully saturated rings. The molecule has 0 spiro atoms. The summed E-state index contributed by atoms with van der Waals surface area (Å²) >= 11 is 4.08. The van der Waals surface area contributed by atoms with Crippen molar-refractivity contribution in [3.8, 4) is 0 Å². The van der Waals surface area contributed by atoms with E-state index in [9.17, 15) is 4.79 Å². The number of carbonyl (C=O) groups excluding carboxylic acids is 1. The minimum absolute atomic E-state index is 0.111. The van der Waals surface area contributed by atoms with Crippen LogP contribution >= 0.6 is 11.6 Å². The number of ketones is 1. The summed E-state index contributed by atoms with van der Waals surface area (Å²) in [7, 11) is 0. The molecule has 0 saturated carbocycles. The third kappa shape index (κ3) is 5.19. The number of rotatable bonds is 4. The third-order valence-corrected chi connectivity index (χ3v) is 7.21. The summed E-state index contributed by atoms with van der Waals surface area (Å²) in [6.45, 7) is 0.852. The van der Waals surface area contributed by atoms with Gasteiger partial charge >= 0.3 is 137 Å². The van der Waals surface area contributed by atoms with E-state index >= 15 is 0 Å². The Bertz CT molecular complexity index is 557. The zero-order chi connectivity index (χ0) is 15.5. The van der Waals surface area contributed by atoms with Crippen LogP contribution in [-0.4, -0.2) is 35.6 Å². The molecule has 4 heteroatoms. The van der Waals surface area contributed by atoms with E-state index in [0.717, 1.165) is 17.1 Å². The monoisotopic (exact) mass is 411 g/mol. The number of carbonyl (C=O) groups is 1. The fourth-order valence-electron chi connectivity index (χ4n) is 2.37. The first-order chi connectivity index (χ1) is 9.85. The maximum atomic E-state index is 11.7. The quantitative estimate of drug-likeness (QED) is 0.676. The molecular formula is C17H22ClNOSn. The van der Waals surface area contributed by atoms with Crippen molar-refractivity contribution in [1.82, 2.24) is 4.90 Å². The summed E-state index contributed by atoms with van der Waals surface area (Å²) in [5.74, 6) is 0.185. The Balaban J connectivity index is 2.16. The standard InChI is InChI=1S/C14H13ClNO.3CH3.Sn/c1-2-8-16-9-7-13(17)10-14(16)11-3-5-12(15)6-4-11;;;;/h1-7,9,14H,8,10H2;3*1H3;. The van der Waals surface area contributed by atoms with Crippen LogP contribution in [0, 0.1) is 0 Å². The van der Waals surface area contributed by atoms with E-state index in [0.29, 0.717) is 6.42 Å². The van der Waals surface area contributed by atoms with Gasteiger partial charge in [-0.1, -0.05) is 0 Å². The average molecular weight is 411 g/mol. The maximum absolute atomic E-state index is 11.7. The molecule has 112 valence electrons. The van der Waals surface area contributed by atoms with E-state index < -0.39 is 18.4 Å². The van der Waals surface area contributed by atoms with Crippen molar-refractivity contribution in [1.29, 1.82) is 0 Å². The van der Waals surface area contributed by atoms with Crippen molar-refractivity contribution in [2.45, 2.75) is 27.3 Å². The van der Waals surface area contributed by atoms with Crippen LogP contribution in [0.2, 0.25) is 19.8 Å². The average Bonchev–Trinajstić information content (AvgIpc) is 2.40. The van der Waals surface area contributed by atoms with Crippen molar-refractivity contribution >= 4 is 35.8 Å². The van der Waals surface area contributed by atoms with Gasteiger partial charge < -0.3 is 0 Å². The Kier molecular flexibility index (Phi) is 5.55. The Morgan fingerprint density at radius 3 is 2.57 bits per heavy atom. The second-order valence-corrected chi connectivity index (χ2v) is 21.4. The first-order valence-corrected chi connectivity index (χ1v) is 17.8. The molecule has 0 saturated heterocycles. The molecule has 2 rings (SSSR count). The van der Waals surface area contributed by atoms with Crippen LogP contribution in [0.3, 0.4) is 0 Å². The molecular weight excluding hydrogens is 388 g/mol. The summed E-state index contributed by atoms with van der Waals surface area (Å²) < 4.78 is 2.41. The Morgan fingerprint density at radius 1 is 1.29 bits per heavy atom. The number of benzene rings is 1. The number of hydrogen-bond donors (Lipinski definition) is 0. The molecule has 0 amide bonds. The molecule has 0 N–H and O–H groups in total. The van der Waals surface area contributed by atoms with Crippen LogP contribution in [0.1, 0.15) is 18.0 Å². The van der Waals surface area contributed by atoms with E-state index in [1.165, 1.54) is 0 Å². The van der Waals surface area contributed by atoms with Crippen LogP contribution in [-0.2, 0) is 4.79 Å². The molecule has 0 aliphatic carbocycles. The van der Waals surface area contributed by atoms with Crippen LogP contribution in [0.5, 0.6) is 0 Å². The zero-order valence-corrected chi connectivity index (χ0v) is 16.5. The molecule has 1 aliphatic heterocycles. The van der Waals surface area contributed by atoms with Gasteiger partial charge in [-0.2, -0.15) is 0 Å². The van der Waals surface area contributed by atoms with Gasteiger partial charge in [-0.3, -0.25) is 0 Å². The summed E-state index contributed by atoms with van der Waals surface area (Å²) in [6, 6.07) is 7.91. The predicted molar refractivity (Wildman–Crippen MR) is 92.1 cm³/mol. The van der Waals surface area contributed by atoms with Gasteiger partial charge in [-0.05, 0) is 0 Å². The zero-order valence-electron chi connectivity index (χ0n) is 12.8. The van der Waals surface area contributed by atoms with Crippen molar-refractivity contribution in [3.63, 3.8) is 0 Å².